The van der Waals surface area contributed by atoms with Gasteiger partial charge < -0.3 is 5.11 Å². The Morgan fingerprint density at radius 1 is 1.19 bits per heavy atom. The number of alkyl halides is 3. The van der Waals surface area contributed by atoms with Gasteiger partial charge in [0.05, 0.1) is 6.54 Å². The van der Waals surface area contributed by atoms with E-state index in [0.717, 1.165) is 0 Å². The van der Waals surface area contributed by atoms with Crippen LogP contribution in [0.1, 0.15) is 39.5 Å². The van der Waals surface area contributed by atoms with E-state index in [-0.39, 0.29) is 12.8 Å². The van der Waals surface area contributed by atoms with E-state index in [1.165, 1.54) is 0 Å². The number of carbonyl (C=O) groups is 1. The summed E-state index contributed by atoms with van der Waals surface area (Å²) in [6.07, 6.45) is -2.94. The Morgan fingerprint density at radius 3 is 1.88 bits per heavy atom. The Kier molecular flexibility index (Phi) is 5.78. The summed E-state index contributed by atoms with van der Waals surface area (Å²) in [6, 6.07) is 0. The lowest BCUT2D eigenvalue weighted by Gasteiger charge is -2.30. The SMILES string of the molecule is CCCC(CCC)(NCC(F)(F)F)C(=O)O. The molecule has 0 fully saturated rings. The molecule has 0 unspecified atom stereocenters. The first-order valence-electron chi connectivity index (χ1n) is 5.32. The quantitative estimate of drug-likeness (QED) is 0.720. The van der Waals surface area contributed by atoms with Gasteiger partial charge in [0, 0.05) is 0 Å². The fraction of sp³-hybridized carbons (Fsp3) is 0.900. The average molecular weight is 241 g/mol. The number of carboxylic acid groups (broad SMARTS) is 1. The third-order valence-electron chi connectivity index (χ3n) is 2.39. The Morgan fingerprint density at radius 2 is 1.62 bits per heavy atom. The van der Waals surface area contributed by atoms with Gasteiger partial charge in [-0.1, -0.05) is 26.7 Å². The molecule has 96 valence electrons. The number of halogens is 3. The Balaban J connectivity index is 4.68. The highest BCUT2D eigenvalue weighted by Gasteiger charge is 2.40. The second kappa shape index (κ2) is 6.08. The van der Waals surface area contributed by atoms with Crippen molar-refractivity contribution in [1.29, 1.82) is 0 Å². The molecule has 0 radical (unpaired) electrons. The van der Waals surface area contributed by atoms with Gasteiger partial charge in [0.1, 0.15) is 5.54 Å². The lowest BCUT2D eigenvalue weighted by molar-refractivity contribution is -0.151. The monoisotopic (exact) mass is 241 g/mol. The van der Waals surface area contributed by atoms with Gasteiger partial charge in [-0.05, 0) is 12.8 Å². The first kappa shape index (κ1) is 15.2. The summed E-state index contributed by atoms with van der Waals surface area (Å²) in [7, 11) is 0. The zero-order valence-electron chi connectivity index (χ0n) is 9.52. The molecule has 2 N–H and O–H groups in total. The molecule has 0 aliphatic carbocycles. The average Bonchev–Trinajstić information content (AvgIpc) is 2.13. The molecule has 0 aromatic carbocycles. The van der Waals surface area contributed by atoms with Gasteiger partial charge in [0.2, 0.25) is 0 Å². The van der Waals surface area contributed by atoms with Gasteiger partial charge in [-0.25, -0.2) is 0 Å². The van der Waals surface area contributed by atoms with E-state index in [9.17, 15) is 18.0 Å². The summed E-state index contributed by atoms with van der Waals surface area (Å²) in [4.78, 5) is 11.1. The molecule has 0 aromatic heterocycles. The summed E-state index contributed by atoms with van der Waals surface area (Å²) in [5.41, 5.74) is -1.45. The van der Waals surface area contributed by atoms with Gasteiger partial charge in [-0.2, -0.15) is 13.2 Å². The molecule has 3 nitrogen and oxygen atoms in total. The number of nitrogens with one attached hydrogen (secondary N) is 1. The molecule has 0 amide bonds. The van der Waals surface area contributed by atoms with Gasteiger partial charge in [0.15, 0.2) is 0 Å². The third kappa shape index (κ3) is 4.83. The van der Waals surface area contributed by atoms with Crippen molar-refractivity contribution in [1.82, 2.24) is 5.32 Å². The number of hydrogen-bond donors (Lipinski definition) is 2. The van der Waals surface area contributed by atoms with E-state index in [1.807, 2.05) is 0 Å². The molecule has 0 spiro atoms. The predicted octanol–water partition coefficient (Wildman–Crippen LogP) is 2.56. The first-order valence-corrected chi connectivity index (χ1v) is 5.32. The predicted molar refractivity (Wildman–Crippen MR) is 54.2 cm³/mol. The van der Waals surface area contributed by atoms with Gasteiger partial charge in [-0.3, -0.25) is 10.1 Å². The van der Waals surface area contributed by atoms with Crippen molar-refractivity contribution < 1.29 is 23.1 Å². The molecule has 0 aromatic rings. The summed E-state index contributed by atoms with van der Waals surface area (Å²) >= 11 is 0. The first-order chi connectivity index (χ1) is 7.27. The Hall–Kier alpha value is -0.780. The van der Waals surface area contributed by atoms with Crippen molar-refractivity contribution >= 4 is 5.97 Å². The smallest absolute Gasteiger partial charge is 0.401 e. The molecule has 0 heterocycles. The van der Waals surface area contributed by atoms with Crippen molar-refractivity contribution in [3.63, 3.8) is 0 Å². The summed E-state index contributed by atoms with van der Waals surface area (Å²) in [5, 5.41) is 11.2. The molecule has 0 atom stereocenters. The van der Waals surface area contributed by atoms with Crippen molar-refractivity contribution in [3.8, 4) is 0 Å². The summed E-state index contributed by atoms with van der Waals surface area (Å²) in [6.45, 7) is 2.24. The minimum Gasteiger partial charge on any atom is -0.480 e. The maximum Gasteiger partial charge on any atom is 0.401 e. The highest BCUT2D eigenvalue weighted by atomic mass is 19.4. The van der Waals surface area contributed by atoms with Crippen molar-refractivity contribution in [2.24, 2.45) is 0 Å². The van der Waals surface area contributed by atoms with Crippen molar-refractivity contribution in [2.45, 2.75) is 51.2 Å². The standard InChI is InChI=1S/C10H18F3NO2/c1-3-5-9(6-4-2,8(15)16)14-7-10(11,12)13/h14H,3-7H2,1-2H3,(H,15,16). The number of hydrogen-bond acceptors (Lipinski definition) is 2. The maximum absolute atomic E-state index is 12.1. The lowest BCUT2D eigenvalue weighted by atomic mass is 9.88. The van der Waals surface area contributed by atoms with Gasteiger partial charge >= 0.3 is 12.1 Å². The van der Waals surface area contributed by atoms with Crippen LogP contribution in [0, 0.1) is 0 Å². The molecule has 0 rings (SSSR count). The molecule has 0 aliphatic heterocycles. The second-order valence-electron chi connectivity index (χ2n) is 3.86. The van der Waals surface area contributed by atoms with E-state index < -0.39 is 24.2 Å². The van der Waals surface area contributed by atoms with Gasteiger partial charge in [0.25, 0.3) is 0 Å². The van der Waals surface area contributed by atoms with Crippen LogP contribution < -0.4 is 5.32 Å². The summed E-state index contributed by atoms with van der Waals surface area (Å²) < 4.78 is 36.2. The number of rotatable bonds is 7. The normalized spacial score (nSPS) is 12.8. The van der Waals surface area contributed by atoms with E-state index in [4.69, 9.17) is 5.11 Å². The summed E-state index contributed by atoms with van der Waals surface area (Å²) in [5.74, 6) is -1.21. The van der Waals surface area contributed by atoms with E-state index in [2.05, 4.69) is 5.32 Å². The topological polar surface area (TPSA) is 49.3 Å². The third-order valence-corrected chi connectivity index (χ3v) is 2.39. The highest BCUT2D eigenvalue weighted by Crippen LogP contribution is 2.22. The molecule has 16 heavy (non-hydrogen) atoms. The lowest BCUT2D eigenvalue weighted by Crippen LogP contribution is -2.54. The fourth-order valence-electron chi connectivity index (χ4n) is 1.71. The largest absolute Gasteiger partial charge is 0.480 e. The van der Waals surface area contributed by atoms with E-state index >= 15 is 0 Å². The molecular weight excluding hydrogens is 223 g/mol. The van der Waals surface area contributed by atoms with E-state index in [0.29, 0.717) is 12.8 Å². The van der Waals surface area contributed by atoms with Gasteiger partial charge in [-0.15, -0.1) is 0 Å². The van der Waals surface area contributed by atoms with Crippen molar-refractivity contribution in [3.05, 3.63) is 0 Å². The molecule has 0 saturated carbocycles. The van der Waals surface area contributed by atoms with Crippen LogP contribution in [0.4, 0.5) is 13.2 Å². The highest BCUT2D eigenvalue weighted by molar-refractivity contribution is 5.78. The van der Waals surface area contributed by atoms with E-state index in [1.54, 1.807) is 13.8 Å². The molecule has 0 bridgehead atoms. The van der Waals surface area contributed by atoms with Crippen LogP contribution >= 0.6 is 0 Å². The molecule has 0 saturated heterocycles. The van der Waals surface area contributed by atoms with Crippen LogP contribution in [0.3, 0.4) is 0 Å². The zero-order chi connectivity index (χ0) is 12.8. The van der Waals surface area contributed by atoms with Crippen LogP contribution in [0.5, 0.6) is 0 Å². The second-order valence-corrected chi connectivity index (χ2v) is 3.86. The Bertz CT molecular complexity index is 223. The van der Waals surface area contributed by atoms with Crippen LogP contribution in [0.2, 0.25) is 0 Å². The fourth-order valence-corrected chi connectivity index (χ4v) is 1.71. The van der Waals surface area contributed by atoms with Crippen LogP contribution in [0.15, 0.2) is 0 Å². The molecule has 0 aliphatic rings. The minimum atomic E-state index is -4.39. The zero-order valence-corrected chi connectivity index (χ0v) is 9.52. The number of aliphatic carboxylic acids is 1. The van der Waals surface area contributed by atoms with Crippen LogP contribution in [-0.4, -0.2) is 29.3 Å². The van der Waals surface area contributed by atoms with Crippen LogP contribution in [0.25, 0.3) is 0 Å². The molecule has 6 heteroatoms. The maximum atomic E-state index is 12.1. The Labute approximate surface area is 93.0 Å². The number of carboxylic acids is 1. The van der Waals surface area contributed by atoms with Crippen molar-refractivity contribution in [2.75, 3.05) is 6.54 Å². The van der Waals surface area contributed by atoms with Crippen LogP contribution in [-0.2, 0) is 4.79 Å². The minimum absolute atomic E-state index is 0.201. The molecular formula is C10H18F3NO2.